The summed E-state index contributed by atoms with van der Waals surface area (Å²) in [6.07, 6.45) is 0.210. The van der Waals surface area contributed by atoms with Gasteiger partial charge in [0.05, 0.1) is 13.2 Å². The fourth-order valence-corrected chi connectivity index (χ4v) is 1.91. The number of methoxy groups -OCH3 is 1. The van der Waals surface area contributed by atoms with Gasteiger partial charge in [-0.1, -0.05) is 13.8 Å². The molecule has 1 atom stereocenters. The van der Waals surface area contributed by atoms with E-state index in [2.05, 4.69) is 26.1 Å². The highest BCUT2D eigenvalue weighted by molar-refractivity contribution is 5.42. The Balaban J connectivity index is 2.77. The molecule has 1 aromatic carbocycles. The molecule has 3 heteroatoms. The normalized spacial score (nSPS) is 12.8. The van der Waals surface area contributed by atoms with Crippen LogP contribution in [0.1, 0.15) is 43.1 Å². The third-order valence-corrected chi connectivity index (χ3v) is 3.18. The lowest BCUT2D eigenvalue weighted by Crippen LogP contribution is -2.25. The van der Waals surface area contributed by atoms with Crippen molar-refractivity contribution in [1.82, 2.24) is 5.32 Å². The van der Waals surface area contributed by atoms with Crippen molar-refractivity contribution in [2.24, 2.45) is 0 Å². The molecule has 0 radical (unpaired) electrons. The highest BCUT2D eigenvalue weighted by Gasteiger charge is 2.14. The Morgan fingerprint density at radius 3 is 2.39 bits per heavy atom. The van der Waals surface area contributed by atoms with Crippen LogP contribution in [0.3, 0.4) is 0 Å². The van der Waals surface area contributed by atoms with E-state index >= 15 is 0 Å². The molecular weight excluding hydrogens is 226 g/mol. The van der Waals surface area contributed by atoms with Crippen LogP contribution >= 0.6 is 0 Å². The van der Waals surface area contributed by atoms with Crippen LogP contribution in [0.2, 0.25) is 0 Å². The van der Waals surface area contributed by atoms with Crippen LogP contribution in [0.5, 0.6) is 5.75 Å². The molecular formula is C15H25NO2. The molecule has 0 fully saturated rings. The molecule has 0 saturated heterocycles. The zero-order valence-electron chi connectivity index (χ0n) is 12.1. The first kappa shape index (κ1) is 15.0. The Kier molecular flexibility index (Phi) is 5.63. The molecule has 1 unspecified atom stereocenters. The molecule has 0 aliphatic heterocycles. The molecule has 0 aromatic heterocycles. The van der Waals surface area contributed by atoms with Gasteiger partial charge in [-0.15, -0.1) is 0 Å². The molecule has 1 aromatic rings. The van der Waals surface area contributed by atoms with Crippen LogP contribution in [-0.2, 0) is 0 Å². The van der Waals surface area contributed by atoms with Crippen molar-refractivity contribution in [3.63, 3.8) is 0 Å². The number of rotatable bonds is 6. The molecule has 1 rings (SSSR count). The number of aryl methyl sites for hydroxylation is 2. The minimum Gasteiger partial charge on any atom is -0.496 e. The molecule has 18 heavy (non-hydrogen) atoms. The van der Waals surface area contributed by atoms with Crippen molar-refractivity contribution in [3.05, 3.63) is 28.8 Å². The van der Waals surface area contributed by atoms with Gasteiger partial charge in [0.25, 0.3) is 0 Å². The summed E-state index contributed by atoms with van der Waals surface area (Å²) >= 11 is 0. The fraction of sp³-hybridized carbons (Fsp3) is 0.600. The van der Waals surface area contributed by atoms with Crippen molar-refractivity contribution in [3.8, 4) is 5.75 Å². The zero-order chi connectivity index (χ0) is 13.7. The monoisotopic (exact) mass is 251 g/mol. The number of hydrogen-bond donors (Lipinski definition) is 2. The van der Waals surface area contributed by atoms with Gasteiger partial charge in [0.1, 0.15) is 5.75 Å². The largest absolute Gasteiger partial charge is 0.496 e. The Bertz CT molecular complexity index is 388. The van der Waals surface area contributed by atoms with E-state index < -0.39 is 6.10 Å². The summed E-state index contributed by atoms with van der Waals surface area (Å²) in [6.45, 7) is 9.10. The molecule has 0 amide bonds. The average Bonchev–Trinajstić information content (AvgIpc) is 2.31. The topological polar surface area (TPSA) is 41.5 Å². The molecule has 0 saturated carbocycles. The minimum atomic E-state index is -0.481. The number of nitrogens with one attached hydrogen (secondary N) is 1. The van der Waals surface area contributed by atoms with E-state index in [1.165, 1.54) is 11.1 Å². The van der Waals surface area contributed by atoms with E-state index in [9.17, 15) is 5.11 Å². The summed E-state index contributed by atoms with van der Waals surface area (Å²) in [5.41, 5.74) is 3.25. The van der Waals surface area contributed by atoms with E-state index in [1.54, 1.807) is 7.11 Å². The summed E-state index contributed by atoms with van der Waals surface area (Å²) in [5.74, 6) is 0.773. The first-order valence-electron chi connectivity index (χ1n) is 6.52. The smallest absolute Gasteiger partial charge is 0.124 e. The minimum absolute atomic E-state index is 0.443. The van der Waals surface area contributed by atoms with Gasteiger partial charge in [0.15, 0.2) is 0 Å². The predicted molar refractivity (Wildman–Crippen MR) is 75.2 cm³/mol. The van der Waals surface area contributed by atoms with Crippen LogP contribution < -0.4 is 10.1 Å². The summed E-state index contributed by atoms with van der Waals surface area (Å²) in [5, 5.41) is 13.5. The van der Waals surface area contributed by atoms with Crippen LogP contribution in [0, 0.1) is 13.8 Å². The van der Waals surface area contributed by atoms with E-state index in [4.69, 9.17) is 4.74 Å². The lowest BCUT2D eigenvalue weighted by molar-refractivity contribution is 0.162. The summed E-state index contributed by atoms with van der Waals surface area (Å²) < 4.78 is 5.35. The standard InChI is InChI=1S/C15H25NO2/c1-10(2)16-7-6-14(17)13-8-11(3)12(4)9-15(13)18-5/h8-10,14,16-17H,6-7H2,1-5H3. The molecule has 0 spiro atoms. The van der Waals surface area contributed by atoms with Gasteiger partial charge in [-0.2, -0.15) is 0 Å². The van der Waals surface area contributed by atoms with Gasteiger partial charge in [-0.3, -0.25) is 0 Å². The van der Waals surface area contributed by atoms with Gasteiger partial charge in [-0.05, 0) is 50.1 Å². The first-order chi connectivity index (χ1) is 8.45. The number of benzene rings is 1. The molecule has 3 nitrogen and oxygen atoms in total. The average molecular weight is 251 g/mol. The van der Waals surface area contributed by atoms with Crippen molar-refractivity contribution in [1.29, 1.82) is 0 Å². The maximum absolute atomic E-state index is 10.2. The lowest BCUT2D eigenvalue weighted by atomic mass is 9.99. The van der Waals surface area contributed by atoms with Gasteiger partial charge in [0, 0.05) is 11.6 Å². The van der Waals surface area contributed by atoms with Gasteiger partial charge in [-0.25, -0.2) is 0 Å². The van der Waals surface area contributed by atoms with Crippen molar-refractivity contribution in [2.75, 3.05) is 13.7 Å². The van der Waals surface area contributed by atoms with Crippen LogP contribution in [0.25, 0.3) is 0 Å². The first-order valence-corrected chi connectivity index (χ1v) is 6.52. The van der Waals surface area contributed by atoms with E-state index in [-0.39, 0.29) is 0 Å². The third-order valence-electron chi connectivity index (χ3n) is 3.18. The lowest BCUT2D eigenvalue weighted by Gasteiger charge is -2.18. The van der Waals surface area contributed by atoms with Crippen LogP contribution in [0.15, 0.2) is 12.1 Å². The van der Waals surface area contributed by atoms with E-state index in [1.807, 2.05) is 19.1 Å². The number of ether oxygens (including phenoxy) is 1. The molecule has 0 heterocycles. The van der Waals surface area contributed by atoms with Crippen molar-refractivity contribution in [2.45, 2.75) is 46.3 Å². The molecule has 102 valence electrons. The zero-order valence-corrected chi connectivity index (χ0v) is 12.1. The van der Waals surface area contributed by atoms with Crippen LogP contribution in [-0.4, -0.2) is 24.8 Å². The number of hydrogen-bond acceptors (Lipinski definition) is 3. The molecule has 0 aliphatic carbocycles. The predicted octanol–water partition coefficient (Wildman–Crippen LogP) is 2.73. The molecule has 2 N–H and O–H groups in total. The second-order valence-electron chi connectivity index (χ2n) is 5.09. The quantitative estimate of drug-likeness (QED) is 0.817. The maximum Gasteiger partial charge on any atom is 0.124 e. The summed E-state index contributed by atoms with van der Waals surface area (Å²) in [7, 11) is 1.65. The Morgan fingerprint density at radius 1 is 1.22 bits per heavy atom. The van der Waals surface area contributed by atoms with E-state index in [0.29, 0.717) is 12.5 Å². The summed E-state index contributed by atoms with van der Waals surface area (Å²) in [4.78, 5) is 0. The van der Waals surface area contributed by atoms with Crippen molar-refractivity contribution >= 4 is 0 Å². The van der Waals surface area contributed by atoms with Crippen LogP contribution in [0.4, 0.5) is 0 Å². The highest BCUT2D eigenvalue weighted by atomic mass is 16.5. The Morgan fingerprint density at radius 2 is 1.83 bits per heavy atom. The molecule has 0 aliphatic rings. The second kappa shape index (κ2) is 6.76. The van der Waals surface area contributed by atoms with E-state index in [0.717, 1.165) is 17.9 Å². The van der Waals surface area contributed by atoms with Crippen molar-refractivity contribution < 1.29 is 9.84 Å². The maximum atomic E-state index is 10.2. The summed E-state index contributed by atoms with van der Waals surface area (Å²) in [6, 6.07) is 4.46. The Labute approximate surface area is 110 Å². The van der Waals surface area contributed by atoms with Gasteiger partial charge >= 0.3 is 0 Å². The molecule has 0 bridgehead atoms. The van der Waals surface area contributed by atoms with Gasteiger partial charge in [0.2, 0.25) is 0 Å². The SMILES string of the molecule is COc1cc(C)c(C)cc1C(O)CCNC(C)C. The Hall–Kier alpha value is -1.06. The number of aliphatic hydroxyl groups is 1. The van der Waals surface area contributed by atoms with Gasteiger partial charge < -0.3 is 15.2 Å². The number of aliphatic hydroxyl groups excluding tert-OH is 1. The second-order valence-corrected chi connectivity index (χ2v) is 5.09. The highest BCUT2D eigenvalue weighted by Crippen LogP contribution is 2.29. The fourth-order valence-electron chi connectivity index (χ4n) is 1.91. The third kappa shape index (κ3) is 4.00.